The van der Waals surface area contributed by atoms with Crippen LogP contribution in [0.25, 0.3) is 0 Å². The number of ether oxygens (including phenoxy) is 1. The molecule has 0 spiro atoms. The molecule has 11 heavy (non-hydrogen) atoms. The fraction of sp³-hybridized carbons (Fsp3) is 0.167. The van der Waals surface area contributed by atoms with Gasteiger partial charge in [-0.15, -0.1) is 0 Å². The van der Waals surface area contributed by atoms with Gasteiger partial charge in [-0.1, -0.05) is 0 Å². The number of nitrogens with zero attached hydrogens (tertiary/aromatic N) is 2. The van der Waals surface area contributed by atoms with Crippen molar-refractivity contribution in [1.29, 1.82) is 0 Å². The van der Waals surface area contributed by atoms with Crippen LogP contribution in [0, 0.1) is 0 Å². The first-order valence-electron chi connectivity index (χ1n) is 3.05. The molecule has 1 saturated heterocycles. The van der Waals surface area contributed by atoms with Gasteiger partial charge in [0.05, 0.1) is 0 Å². The van der Waals surface area contributed by atoms with Crippen molar-refractivity contribution in [3.05, 3.63) is 12.2 Å². The third-order valence-corrected chi connectivity index (χ3v) is 1.45. The molecule has 2 rings (SSSR count). The summed E-state index contributed by atoms with van der Waals surface area (Å²) in [6.07, 6.45) is 3.87. The zero-order chi connectivity index (χ0) is 7.84. The van der Waals surface area contributed by atoms with E-state index in [9.17, 15) is 9.59 Å². The summed E-state index contributed by atoms with van der Waals surface area (Å²) >= 11 is 0. The van der Waals surface area contributed by atoms with E-state index in [2.05, 4.69) is 9.84 Å². The fourth-order valence-electron chi connectivity index (χ4n) is 0.951. The number of carbonyl (C=O) groups excluding carboxylic acids is 2. The molecule has 0 aromatic heterocycles. The van der Waals surface area contributed by atoms with Crippen LogP contribution in [0.3, 0.4) is 0 Å². The van der Waals surface area contributed by atoms with Crippen LogP contribution in [0.5, 0.6) is 0 Å². The van der Waals surface area contributed by atoms with E-state index >= 15 is 0 Å². The molecule has 0 N–H and O–H groups in total. The lowest BCUT2D eigenvalue weighted by atomic mass is 10.2. The summed E-state index contributed by atoms with van der Waals surface area (Å²) in [7, 11) is 0. The van der Waals surface area contributed by atoms with E-state index in [0.29, 0.717) is 0 Å². The monoisotopic (exact) mass is 152 g/mol. The Bertz CT molecular complexity index is 254. The number of rotatable bonds is 0. The average Bonchev–Trinajstić information content (AvgIpc) is 2.30. The number of hydrazone groups is 1. The van der Waals surface area contributed by atoms with Crippen LogP contribution in [-0.4, -0.2) is 29.3 Å². The van der Waals surface area contributed by atoms with Crippen LogP contribution in [0.2, 0.25) is 0 Å². The van der Waals surface area contributed by atoms with Gasteiger partial charge in [-0.3, -0.25) is 0 Å². The van der Waals surface area contributed by atoms with Gasteiger partial charge >= 0.3 is 12.1 Å². The molecule has 0 aromatic rings. The fourth-order valence-corrected chi connectivity index (χ4v) is 0.951. The first-order chi connectivity index (χ1) is 5.29. The van der Waals surface area contributed by atoms with E-state index in [-0.39, 0.29) is 0 Å². The zero-order valence-electron chi connectivity index (χ0n) is 5.43. The van der Waals surface area contributed by atoms with Crippen LogP contribution in [0.1, 0.15) is 0 Å². The first-order valence-corrected chi connectivity index (χ1v) is 3.05. The third kappa shape index (κ3) is 0.739. The maximum Gasteiger partial charge on any atom is 0.439 e. The number of carbonyl (C=O) groups is 2. The Hall–Kier alpha value is -1.65. The van der Waals surface area contributed by atoms with E-state index in [4.69, 9.17) is 0 Å². The Morgan fingerprint density at radius 1 is 1.55 bits per heavy atom. The zero-order valence-corrected chi connectivity index (χ0v) is 5.43. The number of cyclic esters (lactones) is 2. The highest BCUT2D eigenvalue weighted by atomic mass is 16.6. The second-order valence-electron chi connectivity index (χ2n) is 2.13. The van der Waals surface area contributed by atoms with E-state index < -0.39 is 18.1 Å². The summed E-state index contributed by atoms with van der Waals surface area (Å²) < 4.78 is 4.29. The molecule has 1 unspecified atom stereocenters. The summed E-state index contributed by atoms with van der Waals surface area (Å²) in [5.41, 5.74) is 0. The van der Waals surface area contributed by atoms with Crippen LogP contribution in [-0.2, 0) is 9.53 Å². The molecule has 5 heteroatoms. The molecule has 0 aliphatic carbocycles. The predicted molar refractivity (Wildman–Crippen MR) is 34.7 cm³/mol. The van der Waals surface area contributed by atoms with Gasteiger partial charge in [-0.2, -0.15) is 10.1 Å². The highest BCUT2D eigenvalue weighted by Crippen LogP contribution is 2.16. The minimum atomic E-state index is -0.708. The Labute approximate surface area is 61.9 Å². The van der Waals surface area contributed by atoms with Gasteiger partial charge < -0.3 is 4.74 Å². The Morgan fingerprint density at radius 2 is 2.36 bits per heavy atom. The second kappa shape index (κ2) is 1.91. The van der Waals surface area contributed by atoms with Crippen molar-refractivity contribution in [2.75, 3.05) is 0 Å². The number of amides is 1. The highest BCUT2D eigenvalue weighted by Gasteiger charge is 2.40. The van der Waals surface area contributed by atoms with Crippen LogP contribution < -0.4 is 0 Å². The van der Waals surface area contributed by atoms with Crippen molar-refractivity contribution in [1.82, 2.24) is 5.01 Å². The maximum atomic E-state index is 10.8. The molecule has 1 amide bonds. The number of esters is 1. The average molecular weight is 152 g/mol. The number of hydrogen-bond donors (Lipinski definition) is 0. The molecule has 56 valence electrons. The lowest BCUT2D eigenvalue weighted by Crippen LogP contribution is -2.30. The van der Waals surface area contributed by atoms with E-state index in [0.717, 1.165) is 5.01 Å². The third-order valence-electron chi connectivity index (χ3n) is 1.45. The summed E-state index contributed by atoms with van der Waals surface area (Å²) in [6, 6.07) is -0.646. The Morgan fingerprint density at radius 3 is 3.09 bits per heavy atom. The molecular formula is C6H4N2O3. The normalized spacial score (nSPS) is 27.3. The number of allylic oxidation sites excluding steroid dienone is 1. The summed E-state index contributed by atoms with van der Waals surface area (Å²) in [5.74, 6) is -0.567. The minimum Gasteiger partial charge on any atom is -0.373 e. The molecule has 5 nitrogen and oxygen atoms in total. The molecule has 0 saturated carbocycles. The smallest absolute Gasteiger partial charge is 0.373 e. The number of fused-ring (bicyclic) bond motifs is 1. The Kier molecular flexibility index (Phi) is 1.06. The van der Waals surface area contributed by atoms with Crippen molar-refractivity contribution >= 4 is 18.3 Å². The standard InChI is InChI=1S/C6H4N2O3/c9-5-4-2-1-3-7-8(4)6(10)11-5/h1-4H. The Balaban J connectivity index is 2.37. The molecule has 1 atom stereocenters. The maximum absolute atomic E-state index is 10.8. The topological polar surface area (TPSA) is 59.0 Å². The van der Waals surface area contributed by atoms with Gasteiger partial charge in [0, 0.05) is 6.21 Å². The minimum absolute atomic E-state index is 0.567. The van der Waals surface area contributed by atoms with Gasteiger partial charge in [0.1, 0.15) is 0 Å². The molecule has 2 aliphatic rings. The second-order valence-corrected chi connectivity index (χ2v) is 2.13. The van der Waals surface area contributed by atoms with Crippen LogP contribution in [0.15, 0.2) is 17.3 Å². The van der Waals surface area contributed by atoms with Crippen molar-refractivity contribution in [3.8, 4) is 0 Å². The molecule has 2 heterocycles. The van der Waals surface area contributed by atoms with E-state index in [1.165, 1.54) is 6.21 Å². The highest BCUT2D eigenvalue weighted by molar-refractivity contribution is 5.98. The van der Waals surface area contributed by atoms with Gasteiger partial charge in [0.25, 0.3) is 0 Å². The molecule has 0 aromatic carbocycles. The van der Waals surface area contributed by atoms with Gasteiger partial charge in [0.2, 0.25) is 0 Å². The number of hydrogen-bond acceptors (Lipinski definition) is 4. The SMILES string of the molecule is O=C1OC(=O)N2N=CC=CC12. The van der Waals surface area contributed by atoms with E-state index in [1.807, 2.05) is 0 Å². The molecule has 1 fully saturated rings. The van der Waals surface area contributed by atoms with Crippen molar-refractivity contribution in [2.24, 2.45) is 5.10 Å². The van der Waals surface area contributed by atoms with Crippen LogP contribution in [0.4, 0.5) is 4.79 Å². The van der Waals surface area contributed by atoms with Gasteiger partial charge in [0.15, 0.2) is 6.04 Å². The molecular weight excluding hydrogens is 148 g/mol. The van der Waals surface area contributed by atoms with Crippen molar-refractivity contribution < 1.29 is 14.3 Å². The van der Waals surface area contributed by atoms with Gasteiger partial charge in [-0.05, 0) is 12.2 Å². The lowest BCUT2D eigenvalue weighted by Gasteiger charge is -2.11. The van der Waals surface area contributed by atoms with Gasteiger partial charge in [-0.25, -0.2) is 9.59 Å². The quantitative estimate of drug-likeness (QED) is 0.359. The largest absolute Gasteiger partial charge is 0.439 e. The summed E-state index contributed by atoms with van der Waals surface area (Å²) in [5, 5.41) is 4.65. The van der Waals surface area contributed by atoms with E-state index in [1.54, 1.807) is 12.2 Å². The molecule has 2 aliphatic heterocycles. The molecule has 0 radical (unpaired) electrons. The lowest BCUT2D eigenvalue weighted by molar-refractivity contribution is -0.134. The van der Waals surface area contributed by atoms with Crippen LogP contribution >= 0.6 is 0 Å². The van der Waals surface area contributed by atoms with Crippen molar-refractivity contribution in [3.63, 3.8) is 0 Å². The predicted octanol–water partition coefficient (Wildman–Crippen LogP) is -0.111. The summed E-state index contributed by atoms with van der Waals surface area (Å²) in [6.45, 7) is 0. The molecule has 0 bridgehead atoms. The summed E-state index contributed by atoms with van der Waals surface area (Å²) in [4.78, 5) is 21.6. The van der Waals surface area contributed by atoms with Crippen molar-refractivity contribution in [2.45, 2.75) is 6.04 Å². The first kappa shape index (κ1) is 6.09.